The van der Waals surface area contributed by atoms with Crippen LogP contribution in [0.4, 0.5) is 11.4 Å². The van der Waals surface area contributed by atoms with Crippen LogP contribution >= 0.6 is 23.2 Å². The minimum Gasteiger partial charge on any atom is -0.398 e. The van der Waals surface area contributed by atoms with Gasteiger partial charge in [-0.1, -0.05) is 41.4 Å². The maximum atomic E-state index is 6.18. The van der Waals surface area contributed by atoms with Crippen molar-refractivity contribution in [3.63, 3.8) is 0 Å². The maximum absolute atomic E-state index is 6.18. The third-order valence-corrected chi connectivity index (χ3v) is 3.79. The van der Waals surface area contributed by atoms with Crippen LogP contribution in [-0.4, -0.2) is 7.05 Å². The van der Waals surface area contributed by atoms with E-state index < -0.39 is 0 Å². The van der Waals surface area contributed by atoms with E-state index in [4.69, 9.17) is 28.9 Å². The summed E-state index contributed by atoms with van der Waals surface area (Å²) in [6, 6.07) is 11.6. The molecule has 0 saturated heterocycles. The first kappa shape index (κ1) is 14.0. The molecule has 0 aliphatic carbocycles. The lowest BCUT2D eigenvalue weighted by molar-refractivity contribution is 0.918. The predicted octanol–water partition coefficient (Wildman–Crippen LogP) is 4.52. The highest BCUT2D eigenvalue weighted by atomic mass is 35.5. The number of hydrogen-bond acceptors (Lipinski definition) is 2. The van der Waals surface area contributed by atoms with Crippen molar-refractivity contribution in [3.8, 4) is 0 Å². The van der Waals surface area contributed by atoms with Crippen molar-refractivity contribution in [2.45, 2.75) is 13.5 Å². The molecule has 2 N–H and O–H groups in total. The number of anilines is 2. The minimum absolute atomic E-state index is 0.576. The van der Waals surface area contributed by atoms with E-state index in [1.807, 2.05) is 50.4 Å². The summed E-state index contributed by atoms with van der Waals surface area (Å²) in [5.41, 5.74) is 9.63. The van der Waals surface area contributed by atoms with Gasteiger partial charge in [-0.2, -0.15) is 0 Å². The average molecular weight is 295 g/mol. The van der Waals surface area contributed by atoms with Gasteiger partial charge in [-0.15, -0.1) is 0 Å². The van der Waals surface area contributed by atoms with Crippen LogP contribution in [0.3, 0.4) is 0 Å². The summed E-state index contributed by atoms with van der Waals surface area (Å²) in [6.45, 7) is 2.74. The zero-order chi connectivity index (χ0) is 14.0. The molecule has 2 nitrogen and oxygen atoms in total. The lowest BCUT2D eigenvalue weighted by atomic mass is 10.1. The highest BCUT2D eigenvalue weighted by molar-refractivity contribution is 6.33. The zero-order valence-corrected chi connectivity index (χ0v) is 12.5. The first-order valence-corrected chi connectivity index (χ1v) is 6.75. The minimum atomic E-state index is 0.576. The molecule has 2 aromatic rings. The van der Waals surface area contributed by atoms with Crippen LogP contribution < -0.4 is 10.6 Å². The van der Waals surface area contributed by atoms with Gasteiger partial charge in [0.2, 0.25) is 0 Å². The molecular weight excluding hydrogens is 279 g/mol. The molecular formula is C15H16Cl2N2. The van der Waals surface area contributed by atoms with Crippen LogP contribution in [0, 0.1) is 6.92 Å². The molecule has 0 heterocycles. The Morgan fingerprint density at radius 2 is 1.79 bits per heavy atom. The molecule has 0 unspecified atom stereocenters. The average Bonchev–Trinajstić information content (AvgIpc) is 2.36. The maximum Gasteiger partial charge on any atom is 0.0656 e. The monoisotopic (exact) mass is 294 g/mol. The second kappa shape index (κ2) is 5.72. The molecule has 0 fully saturated rings. The number of benzene rings is 2. The number of rotatable bonds is 3. The van der Waals surface area contributed by atoms with Gasteiger partial charge in [-0.05, 0) is 36.2 Å². The van der Waals surface area contributed by atoms with Crippen LogP contribution in [-0.2, 0) is 6.54 Å². The van der Waals surface area contributed by atoms with E-state index in [0.29, 0.717) is 10.7 Å². The Kier molecular flexibility index (Phi) is 4.23. The van der Waals surface area contributed by atoms with E-state index in [-0.39, 0.29) is 0 Å². The van der Waals surface area contributed by atoms with Crippen LogP contribution in [0.25, 0.3) is 0 Å². The van der Waals surface area contributed by atoms with Crippen molar-refractivity contribution in [1.82, 2.24) is 0 Å². The van der Waals surface area contributed by atoms with Crippen LogP contribution in [0.1, 0.15) is 11.1 Å². The molecule has 0 spiro atoms. The molecule has 0 saturated carbocycles. The Morgan fingerprint density at radius 1 is 1.11 bits per heavy atom. The molecule has 0 aliphatic rings. The summed E-state index contributed by atoms with van der Waals surface area (Å²) < 4.78 is 0. The SMILES string of the molecule is Cc1cc(N)c(Cl)cc1N(C)Cc1ccccc1Cl. The number of hydrogen-bond donors (Lipinski definition) is 1. The summed E-state index contributed by atoms with van der Waals surface area (Å²) in [4.78, 5) is 2.11. The molecule has 0 bridgehead atoms. The van der Waals surface area contributed by atoms with Gasteiger partial charge in [-0.25, -0.2) is 0 Å². The van der Waals surface area contributed by atoms with Gasteiger partial charge in [0.15, 0.2) is 0 Å². The van der Waals surface area contributed by atoms with Gasteiger partial charge in [-0.3, -0.25) is 0 Å². The number of aryl methyl sites for hydroxylation is 1. The normalized spacial score (nSPS) is 10.5. The zero-order valence-electron chi connectivity index (χ0n) is 11.0. The van der Waals surface area contributed by atoms with Gasteiger partial charge in [0.25, 0.3) is 0 Å². The van der Waals surface area contributed by atoms with Gasteiger partial charge in [0.05, 0.1) is 10.7 Å². The fraction of sp³-hybridized carbons (Fsp3) is 0.200. The number of halogens is 2. The molecule has 100 valence electrons. The fourth-order valence-corrected chi connectivity index (χ4v) is 2.43. The third kappa shape index (κ3) is 3.14. The largest absolute Gasteiger partial charge is 0.398 e. The fourth-order valence-electron chi connectivity index (χ4n) is 2.07. The van der Waals surface area contributed by atoms with Crippen molar-refractivity contribution in [2.75, 3.05) is 17.7 Å². The summed E-state index contributed by atoms with van der Waals surface area (Å²) in [5, 5.41) is 1.35. The number of nitrogens with two attached hydrogens (primary N) is 1. The summed E-state index contributed by atoms with van der Waals surface area (Å²) in [5.74, 6) is 0. The lowest BCUT2D eigenvalue weighted by Gasteiger charge is -2.23. The van der Waals surface area contributed by atoms with E-state index in [0.717, 1.165) is 28.4 Å². The van der Waals surface area contributed by atoms with Crippen molar-refractivity contribution in [1.29, 1.82) is 0 Å². The second-order valence-electron chi connectivity index (χ2n) is 4.61. The molecule has 2 rings (SSSR count). The van der Waals surface area contributed by atoms with Crippen molar-refractivity contribution < 1.29 is 0 Å². The van der Waals surface area contributed by atoms with E-state index in [9.17, 15) is 0 Å². The highest BCUT2D eigenvalue weighted by Crippen LogP contribution is 2.30. The van der Waals surface area contributed by atoms with Crippen LogP contribution in [0.15, 0.2) is 36.4 Å². The Balaban J connectivity index is 2.28. The molecule has 4 heteroatoms. The molecule has 0 aromatic heterocycles. The Morgan fingerprint density at radius 3 is 2.47 bits per heavy atom. The molecule has 0 radical (unpaired) electrons. The molecule has 0 aliphatic heterocycles. The molecule has 0 atom stereocenters. The van der Waals surface area contributed by atoms with Crippen LogP contribution in [0.2, 0.25) is 10.0 Å². The van der Waals surface area contributed by atoms with Crippen molar-refractivity contribution in [3.05, 3.63) is 57.6 Å². The van der Waals surface area contributed by atoms with Gasteiger partial charge in [0, 0.05) is 24.3 Å². The molecule has 2 aromatic carbocycles. The second-order valence-corrected chi connectivity index (χ2v) is 5.42. The van der Waals surface area contributed by atoms with Gasteiger partial charge in [0.1, 0.15) is 0 Å². The standard InChI is InChI=1S/C15H16Cl2N2/c1-10-7-14(18)13(17)8-15(10)19(2)9-11-5-3-4-6-12(11)16/h3-8H,9,18H2,1-2H3. The molecule has 19 heavy (non-hydrogen) atoms. The first-order valence-electron chi connectivity index (χ1n) is 5.99. The topological polar surface area (TPSA) is 29.3 Å². The smallest absolute Gasteiger partial charge is 0.0656 e. The quantitative estimate of drug-likeness (QED) is 0.843. The van der Waals surface area contributed by atoms with Crippen LogP contribution in [0.5, 0.6) is 0 Å². The first-order chi connectivity index (χ1) is 8.99. The third-order valence-electron chi connectivity index (χ3n) is 3.09. The predicted molar refractivity (Wildman–Crippen MR) is 84.2 cm³/mol. The number of nitrogens with zero attached hydrogens (tertiary/aromatic N) is 1. The highest BCUT2D eigenvalue weighted by Gasteiger charge is 2.10. The van der Waals surface area contributed by atoms with E-state index in [1.54, 1.807) is 0 Å². The lowest BCUT2D eigenvalue weighted by Crippen LogP contribution is -2.17. The van der Waals surface area contributed by atoms with Crippen molar-refractivity contribution >= 4 is 34.6 Å². The summed E-state index contributed by atoms with van der Waals surface area (Å²) >= 11 is 12.3. The molecule has 0 amide bonds. The summed E-state index contributed by atoms with van der Waals surface area (Å²) in [6.07, 6.45) is 0. The van der Waals surface area contributed by atoms with E-state index in [1.165, 1.54) is 0 Å². The van der Waals surface area contributed by atoms with Gasteiger partial charge < -0.3 is 10.6 Å². The Labute approximate surface area is 123 Å². The number of nitrogen functional groups attached to an aromatic ring is 1. The summed E-state index contributed by atoms with van der Waals surface area (Å²) in [7, 11) is 2.01. The Bertz CT molecular complexity index is 597. The Hall–Kier alpha value is -1.38. The van der Waals surface area contributed by atoms with Gasteiger partial charge >= 0.3 is 0 Å². The van der Waals surface area contributed by atoms with E-state index >= 15 is 0 Å². The van der Waals surface area contributed by atoms with E-state index in [2.05, 4.69) is 4.90 Å². The van der Waals surface area contributed by atoms with Crippen molar-refractivity contribution in [2.24, 2.45) is 0 Å².